The van der Waals surface area contributed by atoms with Gasteiger partial charge in [-0.25, -0.2) is 13.2 Å². The molecule has 0 aromatic carbocycles. The van der Waals surface area contributed by atoms with Gasteiger partial charge in [-0.05, 0) is 37.5 Å². The molecule has 1 saturated heterocycles. The standard InChI is InChI=1S/C18H32N2O3S/c1-15-5-7-16(8-6-15)13-19-17(21)20-11-12-24(22,23)18(14-20)9-3-2-4-10-18/h15-16H,2-14H2,1H3,(H,19,21). The second-order valence-electron chi connectivity index (χ2n) is 8.30. The van der Waals surface area contributed by atoms with Crippen molar-refractivity contribution in [3.63, 3.8) is 0 Å². The number of sulfone groups is 1. The first-order valence-electron chi connectivity index (χ1n) is 9.67. The van der Waals surface area contributed by atoms with Gasteiger partial charge in [0.2, 0.25) is 0 Å². The molecule has 1 spiro atoms. The van der Waals surface area contributed by atoms with Crippen molar-refractivity contribution in [3.8, 4) is 0 Å². The van der Waals surface area contributed by atoms with Crippen LogP contribution in [0, 0.1) is 11.8 Å². The van der Waals surface area contributed by atoms with Crippen molar-refractivity contribution in [2.24, 2.45) is 11.8 Å². The molecule has 0 atom stereocenters. The van der Waals surface area contributed by atoms with Crippen LogP contribution in [0.5, 0.6) is 0 Å². The summed E-state index contributed by atoms with van der Waals surface area (Å²) < 4.78 is 24.5. The van der Waals surface area contributed by atoms with E-state index in [0.717, 1.165) is 44.6 Å². The molecule has 138 valence electrons. The van der Waals surface area contributed by atoms with Gasteiger partial charge in [-0.3, -0.25) is 0 Å². The minimum absolute atomic E-state index is 0.0616. The van der Waals surface area contributed by atoms with Gasteiger partial charge in [-0.1, -0.05) is 39.0 Å². The van der Waals surface area contributed by atoms with E-state index in [2.05, 4.69) is 12.2 Å². The van der Waals surface area contributed by atoms with Gasteiger partial charge in [0.25, 0.3) is 0 Å². The van der Waals surface area contributed by atoms with Crippen LogP contribution >= 0.6 is 0 Å². The van der Waals surface area contributed by atoms with Crippen LogP contribution in [-0.4, -0.2) is 49.5 Å². The minimum atomic E-state index is -3.08. The summed E-state index contributed by atoms with van der Waals surface area (Å²) in [5.41, 5.74) is 0. The largest absolute Gasteiger partial charge is 0.338 e. The highest BCUT2D eigenvalue weighted by Gasteiger charge is 2.49. The van der Waals surface area contributed by atoms with Gasteiger partial charge >= 0.3 is 6.03 Å². The van der Waals surface area contributed by atoms with Gasteiger partial charge in [0.05, 0.1) is 10.5 Å². The third kappa shape index (κ3) is 3.73. The monoisotopic (exact) mass is 356 g/mol. The number of rotatable bonds is 2. The molecule has 3 rings (SSSR count). The molecule has 0 aromatic rings. The average Bonchev–Trinajstić information content (AvgIpc) is 2.57. The lowest BCUT2D eigenvalue weighted by atomic mass is 9.83. The molecule has 6 heteroatoms. The zero-order chi connectivity index (χ0) is 17.2. The summed E-state index contributed by atoms with van der Waals surface area (Å²) in [5.74, 6) is 1.53. The summed E-state index contributed by atoms with van der Waals surface area (Å²) in [4.78, 5) is 14.3. The normalized spacial score (nSPS) is 32.5. The maximum atomic E-state index is 12.6. The zero-order valence-electron chi connectivity index (χ0n) is 14.9. The van der Waals surface area contributed by atoms with Crippen LogP contribution in [0.15, 0.2) is 0 Å². The molecule has 0 aromatic heterocycles. The highest BCUT2D eigenvalue weighted by atomic mass is 32.2. The molecule has 1 heterocycles. The molecule has 2 aliphatic carbocycles. The highest BCUT2D eigenvalue weighted by molar-refractivity contribution is 7.92. The number of hydrogen-bond acceptors (Lipinski definition) is 3. The first kappa shape index (κ1) is 18.0. The Labute approximate surface area is 146 Å². The molecule has 24 heavy (non-hydrogen) atoms. The molecule has 3 aliphatic rings. The molecule has 1 aliphatic heterocycles. The Morgan fingerprint density at radius 2 is 1.79 bits per heavy atom. The summed E-state index contributed by atoms with van der Waals surface area (Å²) in [6.45, 7) is 3.77. The lowest BCUT2D eigenvalue weighted by Gasteiger charge is -2.44. The Balaban J connectivity index is 1.55. The molecule has 2 amide bonds. The van der Waals surface area contributed by atoms with E-state index in [-0.39, 0.29) is 11.8 Å². The molecule has 5 nitrogen and oxygen atoms in total. The molecule has 0 unspecified atom stereocenters. The third-order valence-corrected chi connectivity index (χ3v) is 9.07. The number of carbonyl (C=O) groups is 1. The predicted molar refractivity (Wildman–Crippen MR) is 95.7 cm³/mol. The van der Waals surface area contributed by atoms with Crippen LogP contribution in [0.2, 0.25) is 0 Å². The third-order valence-electron chi connectivity index (χ3n) is 6.50. The maximum absolute atomic E-state index is 12.6. The molecule has 3 fully saturated rings. The SMILES string of the molecule is CC1CCC(CNC(=O)N2CCS(=O)(=O)C3(CCCCC3)C2)CC1. The fourth-order valence-electron chi connectivity index (χ4n) is 4.69. The number of hydrogen-bond donors (Lipinski definition) is 1. The molecule has 2 saturated carbocycles. The van der Waals surface area contributed by atoms with Crippen molar-refractivity contribution < 1.29 is 13.2 Å². The Kier molecular flexibility index (Phi) is 5.42. The molecular weight excluding hydrogens is 324 g/mol. The van der Waals surface area contributed by atoms with Crippen LogP contribution in [-0.2, 0) is 9.84 Å². The summed E-state index contributed by atoms with van der Waals surface area (Å²) >= 11 is 0. The number of carbonyl (C=O) groups excluding carboxylic acids is 1. The Morgan fingerprint density at radius 3 is 2.46 bits per heavy atom. The van der Waals surface area contributed by atoms with Crippen molar-refractivity contribution in [3.05, 3.63) is 0 Å². The smallest absolute Gasteiger partial charge is 0.317 e. The Morgan fingerprint density at radius 1 is 1.12 bits per heavy atom. The second kappa shape index (κ2) is 7.22. The van der Waals surface area contributed by atoms with Crippen molar-refractivity contribution in [1.82, 2.24) is 10.2 Å². The summed E-state index contributed by atoms with van der Waals surface area (Å²) in [6, 6.07) is -0.0616. The van der Waals surface area contributed by atoms with E-state index in [9.17, 15) is 13.2 Å². The quantitative estimate of drug-likeness (QED) is 0.827. The first-order chi connectivity index (χ1) is 11.4. The minimum Gasteiger partial charge on any atom is -0.338 e. The van der Waals surface area contributed by atoms with E-state index >= 15 is 0 Å². The van der Waals surface area contributed by atoms with Gasteiger partial charge in [-0.15, -0.1) is 0 Å². The Bertz CT molecular complexity index is 547. The van der Waals surface area contributed by atoms with Gasteiger partial charge in [0.1, 0.15) is 0 Å². The van der Waals surface area contributed by atoms with Crippen LogP contribution in [0.3, 0.4) is 0 Å². The van der Waals surface area contributed by atoms with E-state index in [0.29, 0.717) is 19.0 Å². The summed E-state index contributed by atoms with van der Waals surface area (Å²) in [5, 5.41) is 3.08. The lowest BCUT2D eigenvalue weighted by Crippen LogP contribution is -2.60. The molecule has 1 N–H and O–H groups in total. The number of nitrogens with zero attached hydrogens (tertiary/aromatic N) is 1. The van der Waals surface area contributed by atoms with Crippen LogP contribution in [0.25, 0.3) is 0 Å². The van der Waals surface area contributed by atoms with Gasteiger partial charge in [0, 0.05) is 19.6 Å². The van der Waals surface area contributed by atoms with Crippen LogP contribution in [0.1, 0.15) is 64.7 Å². The fraction of sp³-hybridized carbons (Fsp3) is 0.944. The maximum Gasteiger partial charge on any atom is 0.317 e. The number of amides is 2. The predicted octanol–water partition coefficient (Wildman–Crippen LogP) is 2.96. The number of urea groups is 1. The van der Waals surface area contributed by atoms with E-state index in [1.807, 2.05) is 0 Å². The van der Waals surface area contributed by atoms with Crippen LogP contribution in [0.4, 0.5) is 4.79 Å². The molecular formula is C18H32N2O3S. The second-order valence-corrected chi connectivity index (χ2v) is 10.8. The number of nitrogens with one attached hydrogen (secondary N) is 1. The van der Waals surface area contributed by atoms with Crippen molar-refractivity contribution in [2.45, 2.75) is 69.5 Å². The fourth-order valence-corrected chi connectivity index (χ4v) is 6.84. The van der Waals surface area contributed by atoms with E-state index in [1.165, 1.54) is 25.7 Å². The van der Waals surface area contributed by atoms with Crippen LogP contribution < -0.4 is 5.32 Å². The van der Waals surface area contributed by atoms with Gasteiger partial charge in [-0.2, -0.15) is 0 Å². The van der Waals surface area contributed by atoms with Crippen molar-refractivity contribution in [1.29, 1.82) is 0 Å². The van der Waals surface area contributed by atoms with E-state index in [4.69, 9.17) is 0 Å². The Hall–Kier alpha value is -0.780. The topological polar surface area (TPSA) is 66.5 Å². The van der Waals surface area contributed by atoms with Crippen molar-refractivity contribution >= 4 is 15.9 Å². The van der Waals surface area contributed by atoms with Gasteiger partial charge in [0.15, 0.2) is 9.84 Å². The van der Waals surface area contributed by atoms with Gasteiger partial charge < -0.3 is 10.2 Å². The summed E-state index contributed by atoms with van der Waals surface area (Å²) in [7, 11) is -3.08. The zero-order valence-corrected chi connectivity index (χ0v) is 15.7. The highest BCUT2D eigenvalue weighted by Crippen LogP contribution is 2.38. The first-order valence-corrected chi connectivity index (χ1v) is 11.3. The van der Waals surface area contributed by atoms with E-state index < -0.39 is 14.6 Å². The summed E-state index contributed by atoms with van der Waals surface area (Å²) in [6.07, 6.45) is 9.39. The molecule has 0 bridgehead atoms. The molecule has 0 radical (unpaired) electrons. The van der Waals surface area contributed by atoms with Crippen molar-refractivity contribution in [2.75, 3.05) is 25.4 Å². The van der Waals surface area contributed by atoms with E-state index in [1.54, 1.807) is 4.90 Å². The lowest BCUT2D eigenvalue weighted by molar-refractivity contribution is 0.177. The average molecular weight is 357 g/mol.